The number of rotatable bonds is 2. The topological polar surface area (TPSA) is 66.0 Å². The van der Waals surface area contributed by atoms with E-state index in [1.165, 1.54) is 6.42 Å². The predicted molar refractivity (Wildman–Crippen MR) is 63.2 cm³/mol. The van der Waals surface area contributed by atoms with Crippen LogP contribution in [-0.4, -0.2) is 48.4 Å². The van der Waals surface area contributed by atoms with Crippen molar-refractivity contribution in [3.05, 3.63) is 0 Å². The van der Waals surface area contributed by atoms with E-state index in [0.717, 1.165) is 25.9 Å². The first-order valence-corrected chi connectivity index (χ1v) is 6.59. The summed E-state index contributed by atoms with van der Waals surface area (Å²) in [5.74, 6) is 0.143. The van der Waals surface area contributed by atoms with E-state index in [0.29, 0.717) is 19.0 Å². The molecule has 0 unspecified atom stereocenters. The summed E-state index contributed by atoms with van der Waals surface area (Å²) >= 11 is 0. The fourth-order valence-electron chi connectivity index (χ4n) is 2.67. The molecule has 96 valence electrons. The van der Waals surface area contributed by atoms with Crippen LogP contribution in [0.15, 0.2) is 0 Å². The average molecular weight is 240 g/mol. The van der Waals surface area contributed by atoms with Gasteiger partial charge in [-0.3, -0.25) is 9.59 Å². The van der Waals surface area contributed by atoms with Crippen LogP contribution in [-0.2, 0) is 9.59 Å². The van der Waals surface area contributed by atoms with E-state index < -0.39 is 0 Å². The molecule has 0 spiro atoms. The standard InChI is InChI=1S/C12H21N3O2/c1-9-4-2-3-7-15(9)11(16)8-10-12(17)14-6-5-13-10/h9-10,13H,2-8H2,1H3,(H,14,17)/p+1/t9-,10-/m1/s1. The first kappa shape index (κ1) is 12.4. The van der Waals surface area contributed by atoms with Crippen molar-refractivity contribution in [1.29, 1.82) is 0 Å². The summed E-state index contributed by atoms with van der Waals surface area (Å²) in [6.45, 7) is 4.54. The van der Waals surface area contributed by atoms with Crippen LogP contribution in [0.4, 0.5) is 0 Å². The molecule has 5 heteroatoms. The average Bonchev–Trinajstić information content (AvgIpc) is 2.32. The van der Waals surface area contributed by atoms with Crippen LogP contribution in [0.25, 0.3) is 0 Å². The molecule has 0 aliphatic carbocycles. The molecule has 2 heterocycles. The number of hydrogen-bond acceptors (Lipinski definition) is 2. The molecule has 0 aromatic carbocycles. The lowest BCUT2D eigenvalue weighted by molar-refractivity contribution is -0.678. The van der Waals surface area contributed by atoms with Gasteiger partial charge in [-0.15, -0.1) is 0 Å². The van der Waals surface area contributed by atoms with Gasteiger partial charge in [0.05, 0.1) is 19.5 Å². The molecule has 2 fully saturated rings. The van der Waals surface area contributed by atoms with Crippen LogP contribution < -0.4 is 10.6 Å². The van der Waals surface area contributed by atoms with E-state index >= 15 is 0 Å². The lowest BCUT2D eigenvalue weighted by atomic mass is 10.0. The third-order valence-corrected chi connectivity index (χ3v) is 3.75. The number of likely N-dealkylation sites (tertiary alicyclic amines) is 1. The van der Waals surface area contributed by atoms with Gasteiger partial charge >= 0.3 is 0 Å². The van der Waals surface area contributed by atoms with Crippen molar-refractivity contribution in [1.82, 2.24) is 10.2 Å². The van der Waals surface area contributed by atoms with E-state index in [9.17, 15) is 9.59 Å². The fraction of sp³-hybridized carbons (Fsp3) is 0.833. The van der Waals surface area contributed by atoms with E-state index in [1.807, 2.05) is 10.2 Å². The van der Waals surface area contributed by atoms with E-state index in [4.69, 9.17) is 0 Å². The number of nitrogens with two attached hydrogens (primary N) is 1. The highest BCUT2D eigenvalue weighted by Gasteiger charge is 2.31. The predicted octanol–water partition coefficient (Wildman–Crippen LogP) is -1.16. The van der Waals surface area contributed by atoms with Crippen LogP contribution >= 0.6 is 0 Å². The van der Waals surface area contributed by atoms with Gasteiger partial charge in [0.1, 0.15) is 0 Å². The van der Waals surface area contributed by atoms with Gasteiger partial charge in [0.2, 0.25) is 5.91 Å². The first-order chi connectivity index (χ1) is 8.18. The van der Waals surface area contributed by atoms with Crippen LogP contribution in [0.3, 0.4) is 0 Å². The normalized spacial score (nSPS) is 29.9. The van der Waals surface area contributed by atoms with Crippen molar-refractivity contribution in [2.75, 3.05) is 19.6 Å². The maximum atomic E-state index is 12.1. The lowest BCUT2D eigenvalue weighted by Gasteiger charge is -2.34. The molecule has 0 aromatic heterocycles. The van der Waals surface area contributed by atoms with Crippen LogP contribution in [0.2, 0.25) is 0 Å². The second-order valence-electron chi connectivity index (χ2n) is 5.06. The van der Waals surface area contributed by atoms with Gasteiger partial charge in [0, 0.05) is 12.6 Å². The SMILES string of the molecule is C[C@@H]1CCCCN1C(=O)C[C@H]1[NH2+]CCNC1=O. The smallest absolute Gasteiger partial charge is 0.278 e. The molecule has 2 saturated heterocycles. The Bertz CT molecular complexity index is 306. The van der Waals surface area contributed by atoms with Crippen LogP contribution in [0.1, 0.15) is 32.6 Å². The zero-order valence-corrected chi connectivity index (χ0v) is 10.4. The Hall–Kier alpha value is -1.10. The maximum Gasteiger partial charge on any atom is 0.278 e. The van der Waals surface area contributed by atoms with E-state index in [-0.39, 0.29) is 17.9 Å². The lowest BCUT2D eigenvalue weighted by Crippen LogP contribution is -2.96. The van der Waals surface area contributed by atoms with Gasteiger partial charge in [-0.1, -0.05) is 0 Å². The third kappa shape index (κ3) is 2.97. The van der Waals surface area contributed by atoms with Crippen molar-refractivity contribution in [3.63, 3.8) is 0 Å². The fourth-order valence-corrected chi connectivity index (χ4v) is 2.67. The van der Waals surface area contributed by atoms with Crippen LogP contribution in [0.5, 0.6) is 0 Å². The highest BCUT2D eigenvalue weighted by Crippen LogP contribution is 2.17. The quantitative estimate of drug-likeness (QED) is 0.639. The largest absolute Gasteiger partial charge is 0.345 e. The summed E-state index contributed by atoms with van der Waals surface area (Å²) < 4.78 is 0. The zero-order chi connectivity index (χ0) is 12.3. The summed E-state index contributed by atoms with van der Waals surface area (Å²) in [5.41, 5.74) is 0. The Morgan fingerprint density at radius 2 is 2.35 bits per heavy atom. The molecular weight excluding hydrogens is 218 g/mol. The molecule has 2 aliphatic rings. The number of hydrogen-bond donors (Lipinski definition) is 2. The highest BCUT2D eigenvalue weighted by atomic mass is 16.2. The first-order valence-electron chi connectivity index (χ1n) is 6.59. The Balaban J connectivity index is 1.89. The Labute approximate surface area is 102 Å². The molecule has 2 amide bonds. The van der Waals surface area contributed by atoms with Crippen molar-refractivity contribution in [2.45, 2.75) is 44.7 Å². The molecule has 2 atom stereocenters. The van der Waals surface area contributed by atoms with Gasteiger partial charge in [-0.2, -0.15) is 0 Å². The molecule has 2 aliphatic heterocycles. The van der Waals surface area contributed by atoms with Crippen molar-refractivity contribution < 1.29 is 14.9 Å². The minimum Gasteiger partial charge on any atom is -0.345 e. The van der Waals surface area contributed by atoms with Crippen molar-refractivity contribution >= 4 is 11.8 Å². The monoisotopic (exact) mass is 240 g/mol. The van der Waals surface area contributed by atoms with Gasteiger partial charge in [0.15, 0.2) is 6.04 Å². The summed E-state index contributed by atoms with van der Waals surface area (Å²) in [6, 6.07) is 0.119. The Morgan fingerprint density at radius 3 is 3.06 bits per heavy atom. The molecule has 0 bridgehead atoms. The van der Waals surface area contributed by atoms with Crippen molar-refractivity contribution in [2.24, 2.45) is 0 Å². The molecule has 17 heavy (non-hydrogen) atoms. The van der Waals surface area contributed by atoms with E-state index in [1.54, 1.807) is 0 Å². The summed E-state index contributed by atoms with van der Waals surface area (Å²) in [6.07, 6.45) is 3.74. The number of piperidine rings is 1. The number of piperazine rings is 1. The molecular formula is C12H22N3O2+. The second kappa shape index (κ2) is 5.49. The van der Waals surface area contributed by atoms with Gasteiger partial charge in [0.25, 0.3) is 5.91 Å². The Morgan fingerprint density at radius 1 is 1.53 bits per heavy atom. The minimum atomic E-state index is -0.217. The number of nitrogens with zero attached hydrogens (tertiary/aromatic N) is 1. The minimum absolute atomic E-state index is 0.00858. The van der Waals surface area contributed by atoms with Gasteiger partial charge in [-0.25, -0.2) is 0 Å². The summed E-state index contributed by atoms with van der Waals surface area (Å²) in [7, 11) is 0. The number of carbonyl (C=O) groups is 2. The molecule has 2 rings (SSSR count). The molecule has 0 aromatic rings. The molecule has 0 radical (unpaired) electrons. The molecule has 5 nitrogen and oxygen atoms in total. The molecule has 3 N–H and O–H groups in total. The zero-order valence-electron chi connectivity index (χ0n) is 10.4. The highest BCUT2D eigenvalue weighted by molar-refractivity contribution is 5.87. The number of amides is 2. The number of nitrogens with one attached hydrogen (secondary N) is 1. The second-order valence-corrected chi connectivity index (χ2v) is 5.06. The Kier molecular flexibility index (Phi) is 3.99. The van der Waals surface area contributed by atoms with E-state index in [2.05, 4.69) is 12.2 Å². The molecule has 0 saturated carbocycles. The van der Waals surface area contributed by atoms with Gasteiger partial charge < -0.3 is 15.5 Å². The summed E-state index contributed by atoms with van der Waals surface area (Å²) in [5, 5.41) is 4.79. The third-order valence-electron chi connectivity index (χ3n) is 3.75. The maximum absolute atomic E-state index is 12.1. The number of carbonyl (C=O) groups excluding carboxylic acids is 2. The van der Waals surface area contributed by atoms with Gasteiger partial charge in [-0.05, 0) is 26.2 Å². The van der Waals surface area contributed by atoms with Crippen molar-refractivity contribution in [3.8, 4) is 0 Å². The number of quaternary nitrogens is 1. The summed E-state index contributed by atoms with van der Waals surface area (Å²) in [4.78, 5) is 25.7. The van der Waals surface area contributed by atoms with Crippen LogP contribution in [0, 0.1) is 0 Å².